The van der Waals surface area contributed by atoms with E-state index in [9.17, 15) is 13.8 Å². The van der Waals surface area contributed by atoms with Gasteiger partial charge in [0.25, 0.3) is 0 Å². The molecule has 2 fully saturated rings. The molecular weight excluding hydrogens is 492 g/mol. The van der Waals surface area contributed by atoms with E-state index in [1.54, 1.807) is 37.5 Å². The molecule has 2 aliphatic carbocycles. The minimum atomic E-state index is -1.42. The molecule has 0 saturated heterocycles. The largest absolute Gasteiger partial charge is 2.00 e. The van der Waals surface area contributed by atoms with Crippen molar-refractivity contribution in [2.75, 3.05) is 0 Å². The van der Waals surface area contributed by atoms with E-state index < -0.39 is 22.7 Å². The van der Waals surface area contributed by atoms with Gasteiger partial charge in [-0.1, -0.05) is 17.7 Å². The van der Waals surface area contributed by atoms with Crippen molar-refractivity contribution in [1.82, 2.24) is 0 Å². The summed E-state index contributed by atoms with van der Waals surface area (Å²) in [6, 6.07) is 12.2. The number of benzene rings is 2. The predicted octanol–water partition coefficient (Wildman–Crippen LogP) is 4.75. The molecule has 2 aromatic carbocycles. The molecule has 0 unspecified atom stereocenters. The van der Waals surface area contributed by atoms with Crippen LogP contribution in [0.4, 0.5) is 0 Å². The first-order chi connectivity index (χ1) is 15.8. The molecule has 1 atom stereocenters. The summed E-state index contributed by atoms with van der Waals surface area (Å²) >= 11 is 0. The summed E-state index contributed by atoms with van der Waals surface area (Å²) < 4.78 is 23.6. The smallest absolute Gasteiger partial charge is 0.427 e. The molecule has 0 amide bonds. The number of aryl methyl sites for hydroxylation is 1. The van der Waals surface area contributed by atoms with Crippen LogP contribution in [0, 0.1) is 69.5 Å². The maximum atomic E-state index is 13.1. The Balaban J connectivity index is 0.000000603. The summed E-state index contributed by atoms with van der Waals surface area (Å²) in [5.41, 5.74) is 1.60. The SMILES string of the molecule is CC(=O)Oc1ccc(OC(C)=O)c([C]2[CH][CH][CH][C]2[S@@](=O)c2ccc(C)cc2)c1.[CH]1[CH][CH][CH][CH]1.[Fe+2]. The molecule has 0 aromatic heterocycles. The average Bonchev–Trinajstić information content (AvgIpc) is 3.49. The monoisotopic (exact) mass is 516 g/mol. The Hall–Kier alpha value is -1.95. The van der Waals surface area contributed by atoms with Gasteiger partial charge in [-0.05, 0) is 88.6 Å². The zero-order valence-corrected chi connectivity index (χ0v) is 20.9. The molecule has 2 saturated carbocycles. The van der Waals surface area contributed by atoms with Crippen molar-refractivity contribution in [1.29, 1.82) is 0 Å². The summed E-state index contributed by atoms with van der Waals surface area (Å²) in [4.78, 5) is 23.5. The summed E-state index contributed by atoms with van der Waals surface area (Å²) in [7, 11) is -1.42. The van der Waals surface area contributed by atoms with Crippen molar-refractivity contribution in [3.63, 3.8) is 0 Å². The Morgan fingerprint density at radius 3 is 1.91 bits per heavy atom. The van der Waals surface area contributed by atoms with E-state index in [4.69, 9.17) is 9.47 Å². The fourth-order valence-corrected chi connectivity index (χ4v) is 4.31. The van der Waals surface area contributed by atoms with E-state index >= 15 is 0 Å². The average molecular weight is 516 g/mol. The molecule has 0 aliphatic heterocycles. The number of hydrogen-bond acceptors (Lipinski definition) is 5. The van der Waals surface area contributed by atoms with Crippen molar-refractivity contribution in [2.24, 2.45) is 0 Å². The zero-order valence-electron chi connectivity index (χ0n) is 19.0. The van der Waals surface area contributed by atoms with Crippen LogP contribution >= 0.6 is 0 Å². The van der Waals surface area contributed by atoms with E-state index in [-0.39, 0.29) is 17.1 Å². The van der Waals surface area contributed by atoms with E-state index in [0.29, 0.717) is 33.1 Å². The Bertz CT molecular complexity index is 977. The van der Waals surface area contributed by atoms with Gasteiger partial charge in [-0.25, -0.2) is 0 Å². The van der Waals surface area contributed by atoms with Crippen LogP contribution in [-0.4, -0.2) is 16.1 Å². The Morgan fingerprint density at radius 2 is 1.35 bits per heavy atom. The van der Waals surface area contributed by atoms with Crippen molar-refractivity contribution in [2.45, 2.75) is 25.7 Å². The van der Waals surface area contributed by atoms with Crippen LogP contribution < -0.4 is 9.47 Å². The Morgan fingerprint density at radius 1 is 0.765 bits per heavy atom. The Kier molecular flexibility index (Phi) is 11.5. The van der Waals surface area contributed by atoms with E-state index in [1.807, 2.05) is 63.3 Å². The van der Waals surface area contributed by atoms with E-state index in [2.05, 4.69) is 0 Å². The Labute approximate surface area is 215 Å². The second-order valence-electron chi connectivity index (χ2n) is 7.19. The maximum Gasteiger partial charge on any atom is 2.00 e. The molecule has 4 rings (SSSR count). The van der Waals surface area contributed by atoms with Crippen molar-refractivity contribution < 1.29 is 40.3 Å². The first kappa shape index (κ1) is 28.3. The van der Waals surface area contributed by atoms with Gasteiger partial charge in [0, 0.05) is 30.2 Å². The topological polar surface area (TPSA) is 69.7 Å². The molecule has 0 bridgehead atoms. The van der Waals surface area contributed by atoms with Crippen LogP contribution in [0.5, 0.6) is 11.5 Å². The van der Waals surface area contributed by atoms with Gasteiger partial charge in [0.2, 0.25) is 0 Å². The quantitative estimate of drug-likeness (QED) is 0.326. The molecule has 10 radical (unpaired) electrons. The van der Waals surface area contributed by atoms with Crippen molar-refractivity contribution in [3.8, 4) is 11.5 Å². The third-order valence-corrected chi connectivity index (χ3v) is 5.98. The first-order valence-electron chi connectivity index (χ1n) is 10.3. The molecule has 174 valence electrons. The predicted molar refractivity (Wildman–Crippen MR) is 127 cm³/mol. The number of carbonyl (C=O) groups excluding carboxylic acids is 2. The van der Waals surface area contributed by atoms with Crippen molar-refractivity contribution in [3.05, 3.63) is 116 Å². The second kappa shape index (κ2) is 13.8. The van der Waals surface area contributed by atoms with Gasteiger partial charge in [0.1, 0.15) is 11.5 Å². The number of esters is 2. The molecule has 7 heteroatoms. The van der Waals surface area contributed by atoms with Gasteiger partial charge < -0.3 is 9.47 Å². The molecule has 0 heterocycles. The van der Waals surface area contributed by atoms with Gasteiger partial charge in [-0.3, -0.25) is 13.8 Å². The normalized spacial score (nSPS) is 16.7. The summed E-state index contributed by atoms with van der Waals surface area (Å²) in [6.45, 7) is 4.58. The summed E-state index contributed by atoms with van der Waals surface area (Å²) in [6.07, 6.45) is 15.3. The van der Waals surface area contributed by atoms with E-state index in [0.717, 1.165) is 5.56 Å². The minimum Gasteiger partial charge on any atom is -0.427 e. The van der Waals surface area contributed by atoms with Gasteiger partial charge in [0.05, 0.1) is 16.0 Å². The molecule has 5 nitrogen and oxygen atoms in total. The molecule has 0 N–H and O–H groups in total. The first-order valence-corrected chi connectivity index (χ1v) is 11.4. The summed E-state index contributed by atoms with van der Waals surface area (Å²) in [5.74, 6) is 0.319. The maximum absolute atomic E-state index is 13.1. The van der Waals surface area contributed by atoms with E-state index in [1.165, 1.54) is 13.8 Å². The van der Waals surface area contributed by atoms with Crippen LogP contribution in [0.15, 0.2) is 47.4 Å². The fourth-order valence-electron chi connectivity index (χ4n) is 3.09. The van der Waals surface area contributed by atoms with Gasteiger partial charge >= 0.3 is 29.0 Å². The fraction of sp³-hybridized carbons (Fsp3) is 0.111. The zero-order chi connectivity index (χ0) is 23.8. The van der Waals surface area contributed by atoms with Gasteiger partial charge in [-0.15, -0.1) is 0 Å². The second-order valence-corrected chi connectivity index (χ2v) is 8.64. The molecular formula is C27H24FeO5S+2. The third kappa shape index (κ3) is 8.07. The third-order valence-electron chi connectivity index (χ3n) is 4.52. The van der Waals surface area contributed by atoms with Crippen LogP contribution in [0.1, 0.15) is 25.0 Å². The molecule has 0 spiro atoms. The summed E-state index contributed by atoms with van der Waals surface area (Å²) in [5, 5.41) is 0.581. The van der Waals surface area contributed by atoms with Gasteiger partial charge in [-0.2, -0.15) is 0 Å². The number of carbonyl (C=O) groups is 2. The van der Waals surface area contributed by atoms with Crippen LogP contribution in [0.3, 0.4) is 0 Å². The number of hydrogen-bond donors (Lipinski definition) is 0. The van der Waals surface area contributed by atoms with Crippen LogP contribution in [0.2, 0.25) is 0 Å². The van der Waals surface area contributed by atoms with Crippen LogP contribution in [0.25, 0.3) is 0 Å². The number of rotatable bonds is 5. The standard InChI is InChI=1S/C22H19O5S.C5H5.Fe/c1-14-7-10-18(11-8-14)28(25)22-6-4-5-19(22)20-13-17(26-15(2)23)9-12-21(20)27-16(3)24;1-2-4-5-3-1;/h4-13H,1-3H3;1-5H;/q;;+2/t28-;;/m0../s1. The van der Waals surface area contributed by atoms with Crippen molar-refractivity contribution >= 4 is 22.7 Å². The molecule has 2 aromatic rings. The van der Waals surface area contributed by atoms with Crippen LogP contribution in [-0.2, 0) is 37.5 Å². The number of ether oxygens (including phenoxy) is 2. The molecule has 34 heavy (non-hydrogen) atoms. The molecule has 2 aliphatic rings. The minimum absolute atomic E-state index is 0. The van der Waals surface area contributed by atoms with Gasteiger partial charge in [0.15, 0.2) is 0 Å².